The number of fused-ring (bicyclic) bond motifs is 1. The molecule has 0 saturated carbocycles. The Morgan fingerprint density at radius 3 is 2.40 bits per heavy atom. The summed E-state index contributed by atoms with van der Waals surface area (Å²) in [6.45, 7) is 5.37. The van der Waals surface area contributed by atoms with E-state index in [0.717, 1.165) is 5.69 Å². The zero-order valence-electron chi connectivity index (χ0n) is 16.9. The number of hydrogen-bond acceptors (Lipinski definition) is 3. The molecule has 1 N–H and O–H groups in total. The van der Waals surface area contributed by atoms with Crippen LogP contribution in [0.1, 0.15) is 24.4 Å². The topological polar surface area (TPSA) is 68.9 Å². The minimum atomic E-state index is -0.651. The minimum absolute atomic E-state index is 0.120. The first-order valence-electron chi connectivity index (χ1n) is 9.60. The summed E-state index contributed by atoms with van der Waals surface area (Å²) in [6, 6.07) is 14.5. The van der Waals surface area contributed by atoms with E-state index in [2.05, 4.69) is 10.4 Å². The van der Waals surface area contributed by atoms with Crippen molar-refractivity contribution in [3.05, 3.63) is 88.4 Å². The highest BCUT2D eigenvalue weighted by Crippen LogP contribution is 2.27. The summed E-state index contributed by atoms with van der Waals surface area (Å²) >= 11 is 0. The molecule has 1 amide bonds. The molecule has 0 aliphatic rings. The highest BCUT2D eigenvalue weighted by atomic mass is 19.1. The van der Waals surface area contributed by atoms with Crippen molar-refractivity contribution in [2.24, 2.45) is 0 Å². The lowest BCUT2D eigenvalue weighted by molar-refractivity contribution is -0.118. The van der Waals surface area contributed by atoms with E-state index >= 15 is 0 Å². The fraction of sp³-hybridized carbons (Fsp3) is 0.174. The van der Waals surface area contributed by atoms with Crippen molar-refractivity contribution < 1.29 is 9.18 Å². The largest absolute Gasteiger partial charge is 0.336 e. The third-order valence-electron chi connectivity index (χ3n) is 5.35. The molecular formula is C23H21FN4O2. The van der Waals surface area contributed by atoms with Crippen LogP contribution in [-0.4, -0.2) is 20.3 Å². The van der Waals surface area contributed by atoms with Gasteiger partial charge in [0.1, 0.15) is 11.9 Å². The van der Waals surface area contributed by atoms with Gasteiger partial charge >= 0.3 is 0 Å². The van der Waals surface area contributed by atoms with Crippen LogP contribution in [0.3, 0.4) is 0 Å². The van der Waals surface area contributed by atoms with Crippen molar-refractivity contribution in [2.45, 2.75) is 26.8 Å². The number of carbonyl (C=O) groups excluding carboxylic acids is 1. The SMILES string of the molecule is Cc1c2cnn(-c3ccccc3)c(=O)c2c(C)n1C(C)C(=O)Nc1ccccc1F. The maximum atomic E-state index is 13.9. The predicted molar refractivity (Wildman–Crippen MR) is 115 cm³/mol. The Hall–Kier alpha value is -3.74. The molecule has 30 heavy (non-hydrogen) atoms. The number of amides is 1. The zero-order valence-corrected chi connectivity index (χ0v) is 16.9. The summed E-state index contributed by atoms with van der Waals surface area (Å²) in [5.74, 6) is -0.873. The highest BCUT2D eigenvalue weighted by Gasteiger charge is 2.24. The van der Waals surface area contributed by atoms with Crippen LogP contribution >= 0.6 is 0 Å². The molecule has 0 fully saturated rings. The number of halogens is 1. The Kier molecular flexibility index (Phi) is 4.95. The quantitative estimate of drug-likeness (QED) is 0.556. The van der Waals surface area contributed by atoms with Crippen LogP contribution in [0, 0.1) is 19.7 Å². The Labute approximate surface area is 172 Å². The number of hydrogen-bond donors (Lipinski definition) is 1. The molecule has 152 valence electrons. The summed E-state index contributed by atoms with van der Waals surface area (Å²) in [7, 11) is 0. The number of aryl methyl sites for hydroxylation is 2. The van der Waals surface area contributed by atoms with Crippen molar-refractivity contribution in [2.75, 3.05) is 5.32 Å². The molecule has 0 radical (unpaired) electrons. The number of nitrogens with zero attached hydrogens (tertiary/aromatic N) is 3. The summed E-state index contributed by atoms with van der Waals surface area (Å²) in [5.41, 5.74) is 1.95. The first-order chi connectivity index (χ1) is 14.4. The highest BCUT2D eigenvalue weighted by molar-refractivity contribution is 5.95. The van der Waals surface area contributed by atoms with Gasteiger partial charge in [0.05, 0.1) is 23.0 Å². The number of aromatic nitrogens is 3. The standard InChI is InChI=1S/C23H21FN4O2/c1-14-18-13-25-28(17-9-5-4-6-10-17)23(30)21(18)15(2)27(14)16(3)22(29)26-20-12-8-7-11-19(20)24/h4-13,16H,1-3H3,(H,26,29). The first-order valence-corrected chi connectivity index (χ1v) is 9.60. The van der Waals surface area contributed by atoms with Crippen LogP contribution in [0.4, 0.5) is 10.1 Å². The van der Waals surface area contributed by atoms with Crippen molar-refractivity contribution in [3.8, 4) is 5.69 Å². The van der Waals surface area contributed by atoms with Gasteiger partial charge in [-0.15, -0.1) is 0 Å². The van der Waals surface area contributed by atoms with E-state index in [-0.39, 0.29) is 17.2 Å². The van der Waals surface area contributed by atoms with Crippen LogP contribution < -0.4 is 10.9 Å². The molecule has 0 saturated heterocycles. The molecule has 0 spiro atoms. The Balaban J connectivity index is 1.78. The number of anilines is 1. The molecule has 0 aliphatic heterocycles. The van der Waals surface area contributed by atoms with Gasteiger partial charge in [-0.05, 0) is 45.0 Å². The molecule has 4 rings (SSSR count). The predicted octanol–water partition coefficient (Wildman–Crippen LogP) is 4.14. The zero-order chi connectivity index (χ0) is 21.4. The van der Waals surface area contributed by atoms with E-state index in [1.165, 1.54) is 16.8 Å². The number of carbonyl (C=O) groups is 1. The molecule has 0 aliphatic carbocycles. The average molecular weight is 404 g/mol. The molecule has 2 aromatic carbocycles. The van der Waals surface area contributed by atoms with Crippen LogP contribution in [-0.2, 0) is 4.79 Å². The van der Waals surface area contributed by atoms with Gasteiger partial charge in [-0.3, -0.25) is 9.59 Å². The number of nitrogens with one attached hydrogen (secondary N) is 1. The number of benzene rings is 2. The van der Waals surface area contributed by atoms with Gasteiger partial charge in [-0.1, -0.05) is 30.3 Å². The number of para-hydroxylation sites is 2. The molecule has 1 unspecified atom stereocenters. The summed E-state index contributed by atoms with van der Waals surface area (Å²) < 4.78 is 17.1. The second-order valence-electron chi connectivity index (χ2n) is 7.17. The van der Waals surface area contributed by atoms with E-state index in [9.17, 15) is 14.0 Å². The minimum Gasteiger partial charge on any atom is -0.336 e. The molecule has 7 heteroatoms. The van der Waals surface area contributed by atoms with Gasteiger partial charge in [0.25, 0.3) is 5.56 Å². The second-order valence-corrected chi connectivity index (χ2v) is 7.17. The fourth-order valence-corrected chi connectivity index (χ4v) is 3.83. The summed E-state index contributed by atoms with van der Waals surface area (Å²) in [6.07, 6.45) is 1.64. The molecular weight excluding hydrogens is 383 g/mol. The molecule has 4 aromatic rings. The average Bonchev–Trinajstić information content (AvgIpc) is 3.00. The van der Waals surface area contributed by atoms with E-state index in [0.29, 0.717) is 22.2 Å². The van der Waals surface area contributed by atoms with Crippen molar-refractivity contribution >= 4 is 22.4 Å². The molecule has 0 bridgehead atoms. The Morgan fingerprint density at radius 1 is 1.03 bits per heavy atom. The van der Waals surface area contributed by atoms with Gasteiger partial charge in [0.15, 0.2) is 0 Å². The van der Waals surface area contributed by atoms with E-state index in [1.54, 1.807) is 36.7 Å². The smallest absolute Gasteiger partial charge is 0.281 e. The van der Waals surface area contributed by atoms with Gasteiger partial charge in [0, 0.05) is 16.8 Å². The normalized spacial score (nSPS) is 12.1. The summed E-state index contributed by atoms with van der Waals surface area (Å²) in [5, 5.41) is 8.14. The van der Waals surface area contributed by atoms with Crippen LogP contribution in [0.25, 0.3) is 16.5 Å². The molecule has 1 atom stereocenters. The lowest BCUT2D eigenvalue weighted by atomic mass is 10.2. The van der Waals surface area contributed by atoms with Gasteiger partial charge in [-0.25, -0.2) is 4.39 Å². The lowest BCUT2D eigenvalue weighted by Crippen LogP contribution is -2.25. The number of rotatable bonds is 4. The van der Waals surface area contributed by atoms with Crippen molar-refractivity contribution in [3.63, 3.8) is 0 Å². The van der Waals surface area contributed by atoms with Gasteiger partial charge in [-0.2, -0.15) is 9.78 Å². The van der Waals surface area contributed by atoms with E-state index < -0.39 is 11.9 Å². The monoisotopic (exact) mass is 404 g/mol. The van der Waals surface area contributed by atoms with Crippen LogP contribution in [0.5, 0.6) is 0 Å². The first kappa shape index (κ1) is 19.6. The van der Waals surface area contributed by atoms with E-state index in [4.69, 9.17) is 0 Å². The van der Waals surface area contributed by atoms with Crippen LogP contribution in [0.2, 0.25) is 0 Å². The maximum Gasteiger partial charge on any atom is 0.281 e. The molecule has 2 heterocycles. The second kappa shape index (κ2) is 7.59. The van der Waals surface area contributed by atoms with E-state index in [1.807, 2.05) is 37.3 Å². The maximum absolute atomic E-state index is 13.9. The van der Waals surface area contributed by atoms with Gasteiger partial charge < -0.3 is 9.88 Å². The third-order valence-corrected chi connectivity index (χ3v) is 5.35. The van der Waals surface area contributed by atoms with Crippen LogP contribution in [0.15, 0.2) is 65.6 Å². The molecule has 6 nitrogen and oxygen atoms in total. The van der Waals surface area contributed by atoms with Gasteiger partial charge in [0.2, 0.25) is 5.91 Å². The lowest BCUT2D eigenvalue weighted by Gasteiger charge is -2.18. The molecule has 2 aromatic heterocycles. The summed E-state index contributed by atoms with van der Waals surface area (Å²) in [4.78, 5) is 26.0. The Bertz CT molecular complexity index is 1310. The van der Waals surface area contributed by atoms with Crippen molar-refractivity contribution in [1.82, 2.24) is 14.3 Å². The Morgan fingerprint density at radius 2 is 1.70 bits per heavy atom. The van der Waals surface area contributed by atoms with Crippen molar-refractivity contribution in [1.29, 1.82) is 0 Å². The fourth-order valence-electron chi connectivity index (χ4n) is 3.83. The third kappa shape index (κ3) is 3.18.